The Morgan fingerprint density at radius 1 is 1.12 bits per heavy atom. The predicted octanol–water partition coefficient (Wildman–Crippen LogP) is 3.46. The van der Waals surface area contributed by atoms with E-state index in [0.717, 1.165) is 27.0 Å². The third kappa shape index (κ3) is 1.84. The largest absolute Gasteiger partial charge is 0.392 e. The highest BCUT2D eigenvalue weighted by Crippen LogP contribution is 2.28. The number of para-hydroxylation sites is 1. The van der Waals surface area contributed by atoms with Gasteiger partial charge in [0.1, 0.15) is 0 Å². The van der Waals surface area contributed by atoms with E-state index >= 15 is 0 Å². The Labute approximate surface area is 103 Å². The summed E-state index contributed by atoms with van der Waals surface area (Å²) in [6.07, 6.45) is 0. The first-order valence-electron chi connectivity index (χ1n) is 5.42. The fourth-order valence-electron chi connectivity index (χ4n) is 1.91. The minimum atomic E-state index is 0.0189. The van der Waals surface area contributed by atoms with Crippen LogP contribution >= 0.6 is 11.3 Å². The van der Waals surface area contributed by atoms with Crippen molar-refractivity contribution < 1.29 is 5.11 Å². The molecule has 0 spiro atoms. The quantitative estimate of drug-likeness (QED) is 0.745. The lowest BCUT2D eigenvalue weighted by Gasteiger charge is -2.06. The Balaban J connectivity index is 2.29. The maximum absolute atomic E-state index is 9.44. The molecule has 3 rings (SSSR count). The zero-order valence-electron chi connectivity index (χ0n) is 9.13. The number of nitrogens with zero attached hydrogens (tertiary/aromatic N) is 1. The molecule has 0 unspecified atom stereocenters. The summed E-state index contributed by atoms with van der Waals surface area (Å²) in [6, 6.07) is 14.0. The first kappa shape index (κ1) is 10.4. The van der Waals surface area contributed by atoms with Crippen LogP contribution in [0.15, 0.2) is 47.8 Å². The van der Waals surface area contributed by atoms with Gasteiger partial charge in [0, 0.05) is 10.9 Å². The highest BCUT2D eigenvalue weighted by Gasteiger charge is 2.08. The summed E-state index contributed by atoms with van der Waals surface area (Å²) in [6.45, 7) is 0.0189. The smallest absolute Gasteiger partial charge is 0.0864 e. The molecule has 0 aliphatic carbocycles. The molecule has 1 aromatic carbocycles. The van der Waals surface area contributed by atoms with Gasteiger partial charge in [0.25, 0.3) is 0 Å². The van der Waals surface area contributed by atoms with E-state index in [-0.39, 0.29) is 6.61 Å². The summed E-state index contributed by atoms with van der Waals surface area (Å²) in [5, 5.41) is 12.5. The maximum Gasteiger partial charge on any atom is 0.0864 e. The number of aromatic nitrogens is 1. The Hall–Kier alpha value is -1.71. The molecule has 3 aromatic rings. The van der Waals surface area contributed by atoms with Crippen molar-refractivity contribution in [3.63, 3.8) is 0 Å². The second-order valence-corrected chi connectivity index (χ2v) is 4.77. The minimum absolute atomic E-state index is 0.0189. The zero-order chi connectivity index (χ0) is 11.7. The first-order chi connectivity index (χ1) is 8.38. The SMILES string of the molecule is OCc1cc2ccccc2nc1-c1cccs1. The third-order valence-corrected chi connectivity index (χ3v) is 3.60. The Morgan fingerprint density at radius 3 is 2.76 bits per heavy atom. The van der Waals surface area contributed by atoms with Gasteiger partial charge in [-0.3, -0.25) is 0 Å². The first-order valence-corrected chi connectivity index (χ1v) is 6.30. The van der Waals surface area contributed by atoms with Crippen LogP contribution in [0, 0.1) is 0 Å². The molecule has 0 saturated carbocycles. The van der Waals surface area contributed by atoms with Gasteiger partial charge < -0.3 is 5.11 Å². The summed E-state index contributed by atoms with van der Waals surface area (Å²) in [5.74, 6) is 0. The van der Waals surface area contributed by atoms with E-state index in [1.54, 1.807) is 11.3 Å². The molecule has 0 fully saturated rings. The fraction of sp³-hybridized carbons (Fsp3) is 0.0714. The molecule has 0 amide bonds. The van der Waals surface area contributed by atoms with Crippen molar-refractivity contribution in [2.24, 2.45) is 0 Å². The second-order valence-electron chi connectivity index (χ2n) is 3.82. The Bertz CT molecular complexity index is 646. The molecule has 2 nitrogen and oxygen atoms in total. The Morgan fingerprint density at radius 2 is 2.00 bits per heavy atom. The number of fused-ring (bicyclic) bond motifs is 1. The van der Waals surface area contributed by atoms with Crippen LogP contribution in [-0.4, -0.2) is 10.1 Å². The lowest BCUT2D eigenvalue weighted by atomic mass is 10.1. The summed E-state index contributed by atoms with van der Waals surface area (Å²) in [4.78, 5) is 5.74. The van der Waals surface area contributed by atoms with Gasteiger partial charge in [-0.05, 0) is 23.6 Å². The average molecular weight is 241 g/mol. The van der Waals surface area contributed by atoms with Crippen molar-refractivity contribution in [1.82, 2.24) is 4.98 Å². The molecule has 0 atom stereocenters. The topological polar surface area (TPSA) is 33.1 Å². The van der Waals surface area contributed by atoms with Crippen molar-refractivity contribution in [2.75, 3.05) is 0 Å². The maximum atomic E-state index is 9.44. The summed E-state index contributed by atoms with van der Waals surface area (Å²) < 4.78 is 0. The summed E-state index contributed by atoms with van der Waals surface area (Å²) in [5.41, 5.74) is 2.74. The number of benzene rings is 1. The molecule has 0 radical (unpaired) electrons. The van der Waals surface area contributed by atoms with Crippen LogP contribution < -0.4 is 0 Å². The number of aliphatic hydroxyl groups is 1. The van der Waals surface area contributed by atoms with E-state index in [4.69, 9.17) is 0 Å². The van der Waals surface area contributed by atoms with Crippen LogP contribution in [0.3, 0.4) is 0 Å². The number of hydrogen-bond donors (Lipinski definition) is 1. The molecule has 0 bridgehead atoms. The summed E-state index contributed by atoms with van der Waals surface area (Å²) in [7, 11) is 0. The highest BCUT2D eigenvalue weighted by molar-refractivity contribution is 7.13. The highest BCUT2D eigenvalue weighted by atomic mass is 32.1. The van der Waals surface area contributed by atoms with Gasteiger partial charge in [-0.25, -0.2) is 4.98 Å². The van der Waals surface area contributed by atoms with E-state index in [1.165, 1.54) is 0 Å². The molecular formula is C14H11NOS. The van der Waals surface area contributed by atoms with E-state index in [0.29, 0.717) is 0 Å². The van der Waals surface area contributed by atoms with Crippen molar-refractivity contribution in [3.8, 4) is 10.6 Å². The molecule has 1 N–H and O–H groups in total. The third-order valence-electron chi connectivity index (χ3n) is 2.73. The number of hydrogen-bond acceptors (Lipinski definition) is 3. The van der Waals surface area contributed by atoms with Crippen molar-refractivity contribution in [2.45, 2.75) is 6.61 Å². The Kier molecular flexibility index (Phi) is 2.63. The number of aliphatic hydroxyl groups excluding tert-OH is 1. The molecule has 17 heavy (non-hydrogen) atoms. The van der Waals surface area contributed by atoms with Crippen LogP contribution in [0.4, 0.5) is 0 Å². The van der Waals surface area contributed by atoms with E-state index in [1.807, 2.05) is 47.8 Å². The van der Waals surface area contributed by atoms with Crippen LogP contribution in [0.1, 0.15) is 5.56 Å². The molecule has 0 aliphatic rings. The summed E-state index contributed by atoms with van der Waals surface area (Å²) >= 11 is 1.64. The molecule has 2 aromatic heterocycles. The van der Waals surface area contributed by atoms with Crippen LogP contribution in [0.25, 0.3) is 21.5 Å². The molecule has 84 valence electrons. The van der Waals surface area contributed by atoms with Crippen molar-refractivity contribution >= 4 is 22.2 Å². The second kappa shape index (κ2) is 4.28. The van der Waals surface area contributed by atoms with Gasteiger partial charge in [-0.1, -0.05) is 24.3 Å². The van der Waals surface area contributed by atoms with Gasteiger partial charge in [0.05, 0.1) is 22.7 Å². The van der Waals surface area contributed by atoms with E-state index in [2.05, 4.69) is 4.98 Å². The minimum Gasteiger partial charge on any atom is -0.392 e. The van der Waals surface area contributed by atoms with Crippen LogP contribution in [0.2, 0.25) is 0 Å². The lowest BCUT2D eigenvalue weighted by molar-refractivity contribution is 0.282. The van der Waals surface area contributed by atoms with Gasteiger partial charge in [0.15, 0.2) is 0 Å². The van der Waals surface area contributed by atoms with E-state index in [9.17, 15) is 5.11 Å². The standard InChI is InChI=1S/C14H11NOS/c16-9-11-8-10-4-1-2-5-12(10)15-14(11)13-6-3-7-17-13/h1-8,16H,9H2. The van der Waals surface area contributed by atoms with Gasteiger partial charge in [0.2, 0.25) is 0 Å². The molecule has 2 heterocycles. The molecule has 0 saturated heterocycles. The zero-order valence-corrected chi connectivity index (χ0v) is 9.95. The van der Waals surface area contributed by atoms with Crippen molar-refractivity contribution in [1.29, 1.82) is 0 Å². The number of thiophene rings is 1. The van der Waals surface area contributed by atoms with Crippen LogP contribution in [-0.2, 0) is 6.61 Å². The van der Waals surface area contributed by atoms with Gasteiger partial charge >= 0.3 is 0 Å². The van der Waals surface area contributed by atoms with Gasteiger partial charge in [-0.15, -0.1) is 11.3 Å². The average Bonchev–Trinajstić information content (AvgIpc) is 2.91. The number of pyridine rings is 1. The predicted molar refractivity (Wildman–Crippen MR) is 71.0 cm³/mol. The normalized spacial score (nSPS) is 10.9. The monoisotopic (exact) mass is 241 g/mol. The van der Waals surface area contributed by atoms with Crippen molar-refractivity contribution in [3.05, 3.63) is 53.4 Å². The van der Waals surface area contributed by atoms with E-state index < -0.39 is 0 Å². The molecule has 3 heteroatoms. The van der Waals surface area contributed by atoms with Crippen LogP contribution in [0.5, 0.6) is 0 Å². The number of rotatable bonds is 2. The molecule has 0 aliphatic heterocycles. The lowest BCUT2D eigenvalue weighted by Crippen LogP contribution is -1.92. The van der Waals surface area contributed by atoms with Gasteiger partial charge in [-0.2, -0.15) is 0 Å². The fourth-order valence-corrected chi connectivity index (χ4v) is 2.66. The molecular weight excluding hydrogens is 230 g/mol.